The molecule has 21 heavy (non-hydrogen) atoms. The van der Waals surface area contributed by atoms with Crippen LogP contribution in [0.4, 0.5) is 13.2 Å². The van der Waals surface area contributed by atoms with E-state index in [1.807, 2.05) is 0 Å². The van der Waals surface area contributed by atoms with E-state index < -0.39 is 12.0 Å². The molecule has 9 heteroatoms. The number of aromatic nitrogens is 2. The molecule has 0 radical (unpaired) electrons. The monoisotopic (exact) mass is 329 g/mol. The molecule has 108 valence electrons. The van der Waals surface area contributed by atoms with Gasteiger partial charge in [0, 0.05) is 10.9 Å². The van der Waals surface area contributed by atoms with Crippen LogP contribution in [-0.4, -0.2) is 20.9 Å². The van der Waals surface area contributed by atoms with Crippen molar-refractivity contribution in [3.63, 3.8) is 0 Å². The number of hydrogen-bond acceptors (Lipinski definition) is 6. The summed E-state index contributed by atoms with van der Waals surface area (Å²) in [6.07, 6.45) is -4.67. The van der Waals surface area contributed by atoms with Crippen molar-refractivity contribution in [2.75, 3.05) is 0 Å². The van der Waals surface area contributed by atoms with Crippen molar-refractivity contribution in [2.45, 2.75) is 6.18 Å². The minimum absolute atomic E-state index is 0.00315. The first-order valence-corrected chi connectivity index (χ1v) is 7.40. The summed E-state index contributed by atoms with van der Waals surface area (Å²) in [6.45, 7) is 0. The fourth-order valence-electron chi connectivity index (χ4n) is 1.79. The topological polar surface area (TPSA) is 58.4 Å². The summed E-state index contributed by atoms with van der Waals surface area (Å²) >= 11 is 2.53. The molecule has 0 unspecified atom stereocenters. The second-order valence-corrected chi connectivity index (χ2v) is 5.69. The predicted molar refractivity (Wildman–Crippen MR) is 74.2 cm³/mol. The smallest absolute Gasteiger partial charge is 0.410 e. The predicted octanol–water partition coefficient (Wildman–Crippen LogP) is 4.00. The number of nitrogens with zero attached hydrogens (tertiary/aromatic N) is 3. The Kier molecular flexibility index (Phi) is 3.38. The molecule has 0 saturated heterocycles. The molecular formula is C12H6F3N3OS2. The van der Waals surface area contributed by atoms with E-state index in [0.29, 0.717) is 10.3 Å². The number of hydrogen-bond donors (Lipinski definition) is 1. The van der Waals surface area contributed by atoms with Gasteiger partial charge in [0.2, 0.25) is 5.82 Å². The van der Waals surface area contributed by atoms with Crippen molar-refractivity contribution in [2.24, 2.45) is 5.16 Å². The maximum atomic E-state index is 12.9. The Bertz CT molecular complexity index is 809. The molecule has 4 nitrogen and oxygen atoms in total. The zero-order valence-corrected chi connectivity index (χ0v) is 11.8. The summed E-state index contributed by atoms with van der Waals surface area (Å²) in [5, 5.41) is 17.3. The molecule has 3 aromatic rings. The molecule has 0 spiro atoms. The normalized spacial score (nSPS) is 13.0. The third-order valence-electron chi connectivity index (χ3n) is 2.68. The summed E-state index contributed by atoms with van der Waals surface area (Å²) in [4.78, 5) is 7.07. The van der Waals surface area contributed by atoms with Crippen LogP contribution in [0.1, 0.15) is 17.1 Å². The van der Waals surface area contributed by atoms with E-state index in [1.54, 1.807) is 22.2 Å². The lowest BCUT2D eigenvalue weighted by Crippen LogP contribution is -2.15. The van der Waals surface area contributed by atoms with Gasteiger partial charge in [-0.25, -0.2) is 9.97 Å². The second kappa shape index (κ2) is 5.08. The summed E-state index contributed by atoms with van der Waals surface area (Å²) in [5.74, 6) is -1.25. The maximum absolute atomic E-state index is 12.9. The first-order chi connectivity index (χ1) is 10.0. The van der Waals surface area contributed by atoms with Crippen molar-refractivity contribution in [3.8, 4) is 0 Å². The third-order valence-corrected chi connectivity index (χ3v) is 4.27. The zero-order valence-electron chi connectivity index (χ0n) is 10.1. The van der Waals surface area contributed by atoms with Crippen LogP contribution in [0.25, 0.3) is 10.2 Å². The molecule has 0 bridgehead atoms. The highest BCUT2D eigenvalue weighted by Crippen LogP contribution is 2.31. The second-order valence-electron chi connectivity index (χ2n) is 3.99. The van der Waals surface area contributed by atoms with Gasteiger partial charge in [0.15, 0.2) is 0 Å². The number of rotatable bonds is 2. The number of thiophene rings is 2. The fraction of sp³-hybridized carbons (Fsp3) is 0.0833. The van der Waals surface area contributed by atoms with Crippen molar-refractivity contribution in [3.05, 3.63) is 45.4 Å². The third kappa shape index (κ3) is 2.49. The van der Waals surface area contributed by atoms with Crippen LogP contribution in [0.15, 0.2) is 33.4 Å². The van der Waals surface area contributed by atoms with Gasteiger partial charge in [-0.1, -0.05) is 5.16 Å². The Morgan fingerprint density at radius 2 is 2.00 bits per heavy atom. The average molecular weight is 329 g/mol. The molecule has 1 N–H and O–H groups in total. The molecule has 0 aromatic carbocycles. The van der Waals surface area contributed by atoms with Gasteiger partial charge in [-0.05, 0) is 22.9 Å². The van der Waals surface area contributed by atoms with Crippen LogP contribution >= 0.6 is 22.7 Å². The van der Waals surface area contributed by atoms with Gasteiger partial charge in [-0.2, -0.15) is 24.5 Å². The Morgan fingerprint density at radius 1 is 1.19 bits per heavy atom. The van der Waals surface area contributed by atoms with Gasteiger partial charge >= 0.3 is 6.18 Å². The number of oxime groups is 1. The molecule has 0 aliphatic rings. The van der Waals surface area contributed by atoms with E-state index in [4.69, 9.17) is 0 Å². The summed E-state index contributed by atoms with van der Waals surface area (Å²) in [5.41, 5.74) is 0.651. The molecule has 0 atom stereocenters. The number of alkyl halides is 3. The fourth-order valence-corrected chi connectivity index (χ4v) is 3.25. The first-order valence-electron chi connectivity index (χ1n) is 5.58. The van der Waals surface area contributed by atoms with Gasteiger partial charge < -0.3 is 5.21 Å². The molecule has 3 heterocycles. The molecule has 3 aromatic heterocycles. The van der Waals surface area contributed by atoms with Gasteiger partial charge in [0.25, 0.3) is 0 Å². The van der Waals surface area contributed by atoms with E-state index in [0.717, 1.165) is 0 Å². The maximum Gasteiger partial charge on any atom is 0.451 e. The number of halogens is 3. The van der Waals surface area contributed by atoms with Crippen LogP contribution in [0.5, 0.6) is 0 Å². The van der Waals surface area contributed by atoms with E-state index in [9.17, 15) is 18.4 Å². The minimum atomic E-state index is -4.67. The summed E-state index contributed by atoms with van der Waals surface area (Å²) in [7, 11) is 0. The molecule has 3 rings (SSSR count). The molecular weight excluding hydrogens is 323 g/mol. The van der Waals surface area contributed by atoms with Gasteiger partial charge in [0.05, 0.1) is 10.2 Å². The highest BCUT2D eigenvalue weighted by atomic mass is 32.1. The van der Waals surface area contributed by atoms with E-state index in [2.05, 4.69) is 15.1 Å². The van der Waals surface area contributed by atoms with Crippen LogP contribution in [0, 0.1) is 0 Å². The lowest BCUT2D eigenvalue weighted by atomic mass is 10.1. The standard InChI is InChI=1S/C12H6F3N3OS2/c13-12(14,15)11-16-7-2-4-21-10(7)9(17-11)8(18-19)6-1-3-20-5-6/h1-5,19H. The van der Waals surface area contributed by atoms with E-state index in [-0.39, 0.29) is 16.9 Å². The Labute approximate surface area is 124 Å². The summed E-state index contributed by atoms with van der Waals surface area (Å²) in [6, 6.07) is 3.12. The van der Waals surface area contributed by atoms with Crippen LogP contribution < -0.4 is 0 Å². The quantitative estimate of drug-likeness (QED) is 0.439. The summed E-state index contributed by atoms with van der Waals surface area (Å²) < 4.78 is 39.1. The zero-order chi connectivity index (χ0) is 15.0. The first kappa shape index (κ1) is 14.0. The lowest BCUT2D eigenvalue weighted by molar-refractivity contribution is -0.144. The largest absolute Gasteiger partial charge is 0.451 e. The molecule has 0 fully saturated rings. The van der Waals surface area contributed by atoms with E-state index >= 15 is 0 Å². The molecule has 0 aliphatic heterocycles. The van der Waals surface area contributed by atoms with Crippen LogP contribution in [0.3, 0.4) is 0 Å². The number of fused-ring (bicyclic) bond motifs is 1. The Balaban J connectivity index is 2.28. The van der Waals surface area contributed by atoms with Crippen molar-refractivity contribution in [1.82, 2.24) is 9.97 Å². The van der Waals surface area contributed by atoms with Crippen molar-refractivity contribution >= 4 is 38.6 Å². The van der Waals surface area contributed by atoms with Gasteiger partial charge in [-0.3, -0.25) is 0 Å². The van der Waals surface area contributed by atoms with Gasteiger partial charge in [0.1, 0.15) is 11.4 Å². The lowest BCUT2D eigenvalue weighted by Gasteiger charge is -2.08. The highest BCUT2D eigenvalue weighted by molar-refractivity contribution is 7.17. The molecule has 0 amide bonds. The van der Waals surface area contributed by atoms with Crippen LogP contribution in [0.2, 0.25) is 0 Å². The van der Waals surface area contributed by atoms with Crippen molar-refractivity contribution in [1.29, 1.82) is 0 Å². The average Bonchev–Trinajstić information content (AvgIpc) is 3.08. The van der Waals surface area contributed by atoms with Crippen LogP contribution in [-0.2, 0) is 6.18 Å². The minimum Gasteiger partial charge on any atom is -0.410 e. The Morgan fingerprint density at radius 3 is 2.62 bits per heavy atom. The van der Waals surface area contributed by atoms with Crippen molar-refractivity contribution < 1.29 is 18.4 Å². The van der Waals surface area contributed by atoms with E-state index in [1.165, 1.54) is 28.7 Å². The highest BCUT2D eigenvalue weighted by Gasteiger charge is 2.36. The Hall–Kier alpha value is -2.00. The van der Waals surface area contributed by atoms with Gasteiger partial charge in [-0.15, -0.1) is 11.3 Å². The SMILES string of the molecule is ON=C(c1ccsc1)c1nc(C(F)(F)F)nc2ccsc12. The molecule has 0 saturated carbocycles. The molecule has 0 aliphatic carbocycles.